The van der Waals surface area contributed by atoms with Crippen molar-refractivity contribution in [1.29, 1.82) is 0 Å². The van der Waals surface area contributed by atoms with Gasteiger partial charge in [-0.1, -0.05) is 37.2 Å². The number of carbonyl (C=O) groups excluding carboxylic acids is 4. The van der Waals surface area contributed by atoms with Crippen LogP contribution >= 0.6 is 11.8 Å². The summed E-state index contributed by atoms with van der Waals surface area (Å²) in [5.41, 5.74) is 0.893. The van der Waals surface area contributed by atoms with Crippen LogP contribution in [0.2, 0.25) is 0 Å². The topological polar surface area (TPSA) is 290 Å². The van der Waals surface area contributed by atoms with Gasteiger partial charge in [0.1, 0.15) is 24.5 Å². The first-order chi connectivity index (χ1) is 34.2. The van der Waals surface area contributed by atoms with E-state index in [4.69, 9.17) is 47.4 Å². The zero-order valence-corrected chi connectivity index (χ0v) is 43.2. The second-order valence-electron chi connectivity index (χ2n) is 17.0. The van der Waals surface area contributed by atoms with E-state index in [1.54, 1.807) is 51.7 Å². The van der Waals surface area contributed by atoms with E-state index in [1.807, 2.05) is 12.5 Å². The van der Waals surface area contributed by atoms with Crippen LogP contribution in [-0.2, 0) is 73.1 Å². The summed E-state index contributed by atoms with van der Waals surface area (Å²) in [5.74, 6) is -3.86. The van der Waals surface area contributed by atoms with Crippen molar-refractivity contribution >= 4 is 41.4 Å². The fourth-order valence-electron chi connectivity index (χ4n) is 5.98. The molecular formula is C46H78N8O16S. The lowest BCUT2D eigenvalue weighted by atomic mass is 9.90. The van der Waals surface area contributed by atoms with E-state index in [-0.39, 0.29) is 38.5 Å². The van der Waals surface area contributed by atoms with Gasteiger partial charge in [-0.25, -0.2) is 19.4 Å². The molecule has 25 heteroatoms. The molecule has 0 aliphatic carbocycles. The third kappa shape index (κ3) is 33.0. The number of hydrogen-bond donors (Lipinski definition) is 4. The minimum atomic E-state index is -1.12. The van der Waals surface area contributed by atoms with E-state index < -0.39 is 53.8 Å². The first-order valence-electron chi connectivity index (χ1n) is 23.9. The number of hydrogen-bond acceptors (Lipinski definition) is 20. The van der Waals surface area contributed by atoms with Crippen LogP contribution < -0.4 is 16.0 Å². The van der Waals surface area contributed by atoms with Crippen LogP contribution in [0.3, 0.4) is 0 Å². The molecule has 24 nitrogen and oxygen atoms in total. The van der Waals surface area contributed by atoms with Crippen LogP contribution in [0.5, 0.6) is 0 Å². The molecule has 0 saturated heterocycles. The van der Waals surface area contributed by atoms with Crippen molar-refractivity contribution in [3.63, 3.8) is 0 Å². The predicted octanol–water partition coefficient (Wildman–Crippen LogP) is 2.22. The molecule has 0 saturated carbocycles. The lowest BCUT2D eigenvalue weighted by Gasteiger charge is -2.23. The van der Waals surface area contributed by atoms with Gasteiger partial charge in [0.05, 0.1) is 130 Å². The normalized spacial score (nSPS) is 12.4. The van der Waals surface area contributed by atoms with Crippen LogP contribution in [0.15, 0.2) is 23.7 Å². The summed E-state index contributed by atoms with van der Waals surface area (Å²) in [7, 11) is 0. The molecule has 0 bridgehead atoms. The molecule has 0 aromatic carbocycles. The van der Waals surface area contributed by atoms with E-state index in [9.17, 15) is 29.1 Å². The Hall–Kier alpha value is -4.44. The number of nitrogens with zero attached hydrogens (tertiary/aromatic N) is 5. The van der Waals surface area contributed by atoms with E-state index in [1.165, 1.54) is 11.8 Å². The van der Waals surface area contributed by atoms with Crippen molar-refractivity contribution in [2.75, 3.05) is 138 Å². The number of ether oxygens (including phenoxy) is 10. The summed E-state index contributed by atoms with van der Waals surface area (Å²) in [4.78, 5) is 69.9. The molecule has 2 atom stereocenters. The molecule has 2 aromatic heterocycles. The molecule has 0 aliphatic rings. The van der Waals surface area contributed by atoms with E-state index >= 15 is 0 Å². The number of thioether (sulfide) groups is 1. The maximum Gasteiger partial charge on any atom is 0.407 e. The third-order valence-corrected chi connectivity index (χ3v) is 10.1. The van der Waals surface area contributed by atoms with Crippen LogP contribution in [0.1, 0.15) is 60.3 Å². The largest absolute Gasteiger partial charge is 0.481 e. The number of nitrogens with one attached hydrogen (secondary N) is 3. The molecular weight excluding hydrogens is 953 g/mol. The quantitative estimate of drug-likeness (QED) is 0.0420. The fraction of sp³-hybridized carbons (Fsp3) is 0.761. The molecule has 4 N–H and O–H groups in total. The van der Waals surface area contributed by atoms with Crippen molar-refractivity contribution in [2.45, 2.75) is 83.6 Å². The van der Waals surface area contributed by atoms with Gasteiger partial charge in [0.25, 0.3) is 0 Å². The highest BCUT2D eigenvalue weighted by Crippen LogP contribution is 2.18. The van der Waals surface area contributed by atoms with Crippen molar-refractivity contribution in [3.8, 4) is 11.3 Å². The molecule has 0 spiro atoms. The molecule has 71 heavy (non-hydrogen) atoms. The average Bonchev–Trinajstić information content (AvgIpc) is 3.80. The maximum absolute atomic E-state index is 13.0. The summed E-state index contributed by atoms with van der Waals surface area (Å²) in [6.45, 7) is 15.6. The van der Waals surface area contributed by atoms with E-state index in [0.29, 0.717) is 136 Å². The molecule has 0 unspecified atom stereocenters. The van der Waals surface area contributed by atoms with Gasteiger partial charge >= 0.3 is 12.1 Å². The van der Waals surface area contributed by atoms with Crippen molar-refractivity contribution < 1.29 is 76.4 Å². The standard InChI is InChI=1S/C46H78N8O16S/c1-35(2)42(39(55)29-36(43(58)59)9-7-8-10-48-45(60)70-46(3,4)5)51-41(57)34-69-33-40(56)47-11-13-61-15-17-63-19-21-65-23-25-67-27-28-68-26-24-66-22-20-64-18-16-62-14-12-54-32-38(52-53-54)37-30-49-44(71-6)50-31-37/h30-32,35-36,42H,7-29,33-34H2,1-6H3,(H,47,56)(H,48,60)(H,51,57)(H,58,59)/t36-,42+/m1/s1. The number of aromatic nitrogens is 5. The minimum Gasteiger partial charge on any atom is -0.481 e. The number of aliphatic carboxylic acids is 1. The summed E-state index contributed by atoms with van der Waals surface area (Å²) >= 11 is 1.48. The second kappa shape index (κ2) is 39.1. The Balaban J connectivity index is 1.32. The summed E-state index contributed by atoms with van der Waals surface area (Å²) in [5, 5.41) is 26.5. The second-order valence-corrected chi connectivity index (χ2v) is 17.8. The van der Waals surface area contributed by atoms with Gasteiger partial charge in [0, 0.05) is 37.5 Å². The lowest BCUT2D eigenvalue weighted by molar-refractivity contribution is -0.144. The SMILES string of the molecule is CSc1ncc(-c2cn(CCOCCOCCOCCOCCOCCOCCOCCOCCNC(=O)COCC(=O)N[C@H](C(=O)C[C@@H](CCCCNC(=O)OC(C)(C)C)C(=O)O)C(C)C)nn2)cn1. The Morgan fingerprint density at radius 3 is 1.68 bits per heavy atom. The smallest absolute Gasteiger partial charge is 0.407 e. The van der Waals surface area contributed by atoms with Gasteiger partial charge in [-0.05, 0) is 45.8 Å². The van der Waals surface area contributed by atoms with Gasteiger partial charge in [0.2, 0.25) is 11.8 Å². The highest BCUT2D eigenvalue weighted by Gasteiger charge is 2.29. The van der Waals surface area contributed by atoms with Gasteiger partial charge in [-0.15, -0.1) is 5.10 Å². The van der Waals surface area contributed by atoms with E-state index in [0.717, 1.165) is 5.56 Å². The molecule has 404 valence electrons. The number of amides is 3. The fourth-order valence-corrected chi connectivity index (χ4v) is 6.30. The Morgan fingerprint density at radius 2 is 1.18 bits per heavy atom. The number of carboxylic acids is 1. The van der Waals surface area contributed by atoms with Crippen molar-refractivity contribution in [1.82, 2.24) is 40.9 Å². The number of Topliss-reactive ketones (excluding diaryl/α,β-unsaturated/α-hetero) is 1. The summed E-state index contributed by atoms with van der Waals surface area (Å²) in [6.07, 6.45) is 7.59. The van der Waals surface area contributed by atoms with E-state index in [2.05, 4.69) is 36.2 Å². The first kappa shape index (κ1) is 62.7. The Morgan fingerprint density at radius 1 is 0.676 bits per heavy atom. The Bertz CT molecular complexity index is 1750. The van der Waals surface area contributed by atoms with Crippen LogP contribution in [0.4, 0.5) is 4.79 Å². The van der Waals surface area contributed by atoms with Crippen LogP contribution in [-0.4, -0.2) is 210 Å². The lowest BCUT2D eigenvalue weighted by Crippen LogP contribution is -2.46. The number of rotatable bonds is 44. The van der Waals surface area contributed by atoms with Crippen molar-refractivity contribution in [2.24, 2.45) is 11.8 Å². The predicted molar refractivity (Wildman–Crippen MR) is 259 cm³/mol. The number of carboxylic acid groups (broad SMARTS) is 1. The minimum absolute atomic E-state index is 0.221. The maximum atomic E-state index is 13.0. The Labute approximate surface area is 421 Å². The number of unbranched alkanes of at least 4 members (excludes halogenated alkanes) is 1. The van der Waals surface area contributed by atoms with Gasteiger partial charge in [-0.3, -0.25) is 19.2 Å². The number of carbonyl (C=O) groups is 5. The molecule has 0 radical (unpaired) electrons. The Kier molecular flexibility index (Phi) is 34.5. The summed E-state index contributed by atoms with van der Waals surface area (Å²) < 4.78 is 56.2. The first-order valence-corrected chi connectivity index (χ1v) is 25.2. The molecule has 0 fully saturated rings. The average molecular weight is 1030 g/mol. The molecule has 0 aliphatic heterocycles. The number of alkyl carbamates (subject to hydrolysis) is 1. The zero-order valence-electron chi connectivity index (χ0n) is 42.4. The molecule has 2 heterocycles. The summed E-state index contributed by atoms with van der Waals surface area (Å²) in [6, 6.07) is -0.928. The molecule has 2 rings (SSSR count). The third-order valence-electron chi connectivity index (χ3n) is 9.52. The number of ketones is 1. The highest BCUT2D eigenvalue weighted by molar-refractivity contribution is 7.98. The van der Waals surface area contributed by atoms with Gasteiger partial charge in [0.15, 0.2) is 10.9 Å². The monoisotopic (exact) mass is 1030 g/mol. The highest BCUT2D eigenvalue weighted by atomic mass is 32.2. The van der Waals surface area contributed by atoms with Gasteiger partial charge in [-0.2, -0.15) is 0 Å². The molecule has 2 aromatic rings. The zero-order chi connectivity index (χ0) is 52.0. The molecule has 3 amide bonds. The van der Waals surface area contributed by atoms with Crippen molar-refractivity contribution in [3.05, 3.63) is 18.6 Å². The van der Waals surface area contributed by atoms with Crippen LogP contribution in [0.25, 0.3) is 11.3 Å². The van der Waals surface area contributed by atoms with Gasteiger partial charge < -0.3 is 68.4 Å². The van der Waals surface area contributed by atoms with Crippen LogP contribution in [0, 0.1) is 11.8 Å².